The summed E-state index contributed by atoms with van der Waals surface area (Å²) in [5, 5.41) is 24.3. The summed E-state index contributed by atoms with van der Waals surface area (Å²) in [4.78, 5) is 20.9. The van der Waals surface area contributed by atoms with E-state index in [-0.39, 0.29) is 44.2 Å². The molecule has 2 aromatic carbocycles. The number of allylic oxidation sites excluding steroid dienone is 1. The molecule has 1 heterocycles. The number of amides is 1. The highest BCUT2D eigenvalue weighted by Gasteiger charge is 2.65. The number of benzene rings is 2. The Morgan fingerprint density at radius 3 is 2.48 bits per heavy atom. The Labute approximate surface area is 296 Å². The van der Waals surface area contributed by atoms with Gasteiger partial charge in [0, 0.05) is 38.2 Å². The molecule has 1 fully saturated rings. The molecule has 270 valence electrons. The van der Waals surface area contributed by atoms with Crippen LogP contribution in [-0.2, 0) is 20.9 Å². The molecule has 3 aliphatic rings. The highest BCUT2D eigenvalue weighted by molar-refractivity contribution is 6.02. The molecule has 0 unspecified atom stereocenters. The Morgan fingerprint density at radius 2 is 1.78 bits per heavy atom. The fourth-order valence-corrected chi connectivity index (χ4v) is 8.00. The Balaban J connectivity index is 1.73. The predicted molar refractivity (Wildman–Crippen MR) is 192 cm³/mol. The van der Waals surface area contributed by atoms with E-state index in [9.17, 15) is 15.0 Å². The first-order chi connectivity index (χ1) is 24.4. The molecule has 0 saturated heterocycles. The van der Waals surface area contributed by atoms with Crippen LogP contribution in [-0.4, -0.2) is 79.3 Å². The monoisotopic (exact) mass is 688 g/mol. The van der Waals surface area contributed by atoms with Gasteiger partial charge in [0.25, 0.3) is 0 Å². The van der Waals surface area contributed by atoms with Gasteiger partial charge in [0.15, 0.2) is 0 Å². The van der Waals surface area contributed by atoms with Gasteiger partial charge in [0.05, 0.1) is 25.3 Å². The van der Waals surface area contributed by atoms with Gasteiger partial charge in [-0.25, -0.2) is 4.79 Å². The van der Waals surface area contributed by atoms with Crippen LogP contribution in [0.1, 0.15) is 62.0 Å². The van der Waals surface area contributed by atoms with Gasteiger partial charge >= 0.3 is 6.09 Å². The van der Waals surface area contributed by atoms with Gasteiger partial charge in [-0.2, -0.15) is 0 Å². The van der Waals surface area contributed by atoms with Gasteiger partial charge in [-0.3, -0.25) is 0 Å². The molecule has 1 saturated carbocycles. The predicted octanol–water partition coefficient (Wildman–Crippen LogP) is 6.78. The summed E-state index contributed by atoms with van der Waals surface area (Å²) in [5.41, 5.74) is 3.67. The van der Waals surface area contributed by atoms with Crippen molar-refractivity contribution in [2.75, 3.05) is 40.6 Å². The molecule has 50 heavy (non-hydrogen) atoms. The first-order valence-corrected chi connectivity index (χ1v) is 17.7. The molecule has 2 aliphatic carbocycles. The van der Waals surface area contributed by atoms with Crippen LogP contribution in [0, 0.1) is 17.8 Å². The first-order valence-electron chi connectivity index (χ1n) is 17.7. The van der Waals surface area contributed by atoms with E-state index in [4.69, 9.17) is 28.9 Å². The molecular formula is C40H52N2O8. The van der Waals surface area contributed by atoms with Crippen LogP contribution < -0.4 is 9.47 Å². The smallest absolute Gasteiger partial charge is 0.409 e. The lowest BCUT2D eigenvalue weighted by Crippen LogP contribution is -2.69. The molecule has 0 spiro atoms. The van der Waals surface area contributed by atoms with Crippen LogP contribution in [0.4, 0.5) is 4.79 Å². The van der Waals surface area contributed by atoms with E-state index in [1.165, 1.54) is 7.11 Å². The molecule has 0 aromatic heterocycles. The number of aliphatic hydroxyl groups excluding tert-OH is 2. The number of rotatable bonds is 18. The van der Waals surface area contributed by atoms with E-state index in [0.29, 0.717) is 37.4 Å². The number of aliphatic hydroxyl groups is 2. The number of hydrogen-bond acceptors (Lipinski definition) is 9. The standard InChI is InChI=1S/C40H52N2O8/c1-5-22-47-30-18-19-35-33(25-30)37-31(17-11-13-21-44)29(16-10-12-20-43)24-32-34(41-49-27-28-14-8-7-9-15-28)26-36(42(3)39(45)46-4)40(50-35,38(32)37)48-23-6-2/h5-9,14-15,18-19,24-25,29,31,36-38,43-44H,1-2,10-13,16-17,20-23,26-27H2,3-4H3/t29-,31+,36-,37+,38+,40+/m0/s1. The van der Waals surface area contributed by atoms with Crippen molar-refractivity contribution in [3.8, 4) is 11.5 Å². The average Bonchev–Trinajstić information content (AvgIpc) is 3.14. The van der Waals surface area contributed by atoms with E-state index in [2.05, 4.69) is 25.3 Å². The second-order valence-electron chi connectivity index (χ2n) is 13.2. The number of oxime groups is 1. The van der Waals surface area contributed by atoms with Crippen LogP contribution in [0.2, 0.25) is 0 Å². The largest absolute Gasteiger partial charge is 0.490 e. The second-order valence-corrected chi connectivity index (χ2v) is 13.2. The van der Waals surface area contributed by atoms with E-state index < -0.39 is 23.8 Å². The Kier molecular flexibility index (Phi) is 13.1. The Morgan fingerprint density at radius 1 is 1.04 bits per heavy atom. The first kappa shape index (κ1) is 37.1. The molecule has 6 atom stereocenters. The SMILES string of the molecule is C=CCOc1ccc2c(c1)[C@H]1[C@H](CCCCO)[C@@H](CCCCO)C=C3C(=NOCc4ccccc4)C[C@H](N(C)C(=O)OC)[C@@](OCC=C)(O2)[C@H]31. The third kappa shape index (κ3) is 7.93. The van der Waals surface area contributed by atoms with Crippen molar-refractivity contribution >= 4 is 11.8 Å². The van der Waals surface area contributed by atoms with Crippen molar-refractivity contribution in [2.24, 2.45) is 22.9 Å². The average molecular weight is 689 g/mol. The minimum absolute atomic E-state index is 0.115. The summed E-state index contributed by atoms with van der Waals surface area (Å²) in [7, 11) is 3.06. The van der Waals surface area contributed by atoms with Crippen molar-refractivity contribution < 1.29 is 38.8 Å². The number of unbranched alkanes of at least 4 members (excludes halogenated alkanes) is 2. The summed E-state index contributed by atoms with van der Waals surface area (Å²) < 4.78 is 25.2. The van der Waals surface area contributed by atoms with E-state index in [1.54, 1.807) is 24.1 Å². The van der Waals surface area contributed by atoms with Gasteiger partial charge in [-0.05, 0) is 66.9 Å². The van der Waals surface area contributed by atoms with Gasteiger partial charge in [0.2, 0.25) is 5.79 Å². The zero-order valence-corrected chi connectivity index (χ0v) is 29.4. The normalized spacial score (nSPS) is 25.7. The third-order valence-corrected chi connectivity index (χ3v) is 10.2. The van der Waals surface area contributed by atoms with Crippen LogP contribution in [0.3, 0.4) is 0 Å². The minimum atomic E-state index is -1.33. The van der Waals surface area contributed by atoms with Crippen molar-refractivity contribution in [3.63, 3.8) is 0 Å². The number of nitrogens with zero attached hydrogens (tertiary/aromatic N) is 2. The topological polar surface area (TPSA) is 119 Å². The number of carbonyl (C=O) groups excluding carboxylic acids is 1. The summed E-state index contributed by atoms with van der Waals surface area (Å²) in [6.45, 7) is 8.84. The molecule has 1 amide bonds. The Hall–Kier alpha value is -4.12. The zero-order chi connectivity index (χ0) is 35.5. The van der Waals surface area contributed by atoms with E-state index >= 15 is 0 Å². The fourth-order valence-electron chi connectivity index (χ4n) is 8.00. The van der Waals surface area contributed by atoms with Crippen molar-refractivity contribution in [1.29, 1.82) is 0 Å². The maximum Gasteiger partial charge on any atom is 0.409 e. The molecule has 10 nitrogen and oxygen atoms in total. The number of hydrogen-bond donors (Lipinski definition) is 2. The van der Waals surface area contributed by atoms with Crippen LogP contribution in [0.15, 0.2) is 90.6 Å². The quantitative estimate of drug-likeness (QED) is 0.1000. The van der Waals surface area contributed by atoms with Crippen molar-refractivity contribution in [1.82, 2.24) is 4.90 Å². The molecule has 2 N–H and O–H groups in total. The summed E-state index contributed by atoms with van der Waals surface area (Å²) >= 11 is 0. The van der Waals surface area contributed by atoms with Gasteiger partial charge in [-0.1, -0.05) is 73.1 Å². The molecular weight excluding hydrogens is 636 g/mol. The molecule has 0 radical (unpaired) electrons. The lowest BCUT2D eigenvalue weighted by molar-refractivity contribution is -0.253. The van der Waals surface area contributed by atoms with Crippen LogP contribution in [0.25, 0.3) is 0 Å². The van der Waals surface area contributed by atoms with Crippen LogP contribution in [0.5, 0.6) is 11.5 Å². The molecule has 0 bridgehead atoms. The van der Waals surface area contributed by atoms with Gasteiger partial charge < -0.3 is 38.9 Å². The second kappa shape index (κ2) is 17.7. The number of fused-ring (bicyclic) bond motifs is 2. The van der Waals surface area contributed by atoms with Gasteiger partial charge in [0.1, 0.15) is 30.8 Å². The van der Waals surface area contributed by atoms with Gasteiger partial charge in [-0.15, -0.1) is 6.58 Å². The third-order valence-electron chi connectivity index (χ3n) is 10.2. The molecule has 1 aliphatic heterocycles. The molecule has 2 aromatic rings. The number of likely N-dealkylation sites (N-methyl/N-ethyl adjacent to an activating group) is 1. The molecule has 5 rings (SSSR count). The summed E-state index contributed by atoms with van der Waals surface area (Å²) in [6.07, 6.45) is 10.3. The lowest BCUT2D eigenvalue weighted by Gasteiger charge is -2.59. The lowest BCUT2D eigenvalue weighted by atomic mass is 9.55. The summed E-state index contributed by atoms with van der Waals surface area (Å²) in [6, 6.07) is 15.1. The highest BCUT2D eigenvalue weighted by atomic mass is 16.7. The number of methoxy groups -OCH3 is 1. The molecule has 10 heteroatoms. The van der Waals surface area contributed by atoms with E-state index in [1.807, 2.05) is 42.5 Å². The van der Waals surface area contributed by atoms with Crippen molar-refractivity contribution in [3.05, 3.63) is 96.6 Å². The zero-order valence-electron chi connectivity index (χ0n) is 29.4. The number of carbonyl (C=O) groups is 1. The minimum Gasteiger partial charge on any atom is -0.490 e. The number of ether oxygens (including phenoxy) is 4. The van der Waals surface area contributed by atoms with Crippen LogP contribution >= 0.6 is 0 Å². The van der Waals surface area contributed by atoms with Crippen molar-refractivity contribution in [2.45, 2.75) is 69.3 Å². The van der Waals surface area contributed by atoms with E-state index in [0.717, 1.165) is 48.1 Å². The highest BCUT2D eigenvalue weighted by Crippen LogP contribution is 2.61. The summed E-state index contributed by atoms with van der Waals surface area (Å²) in [5.74, 6) is -0.253. The maximum absolute atomic E-state index is 13.3. The Bertz CT molecular complexity index is 1510. The fraction of sp³-hybridized carbons (Fsp3) is 0.500. The maximum atomic E-state index is 13.3.